The molecule has 1 aromatic carbocycles. The Labute approximate surface area is 125 Å². The van der Waals surface area contributed by atoms with E-state index in [2.05, 4.69) is 20.2 Å². The molecule has 6 nitrogen and oxygen atoms in total. The van der Waals surface area contributed by atoms with Crippen LogP contribution in [0.15, 0.2) is 35.2 Å². The molecule has 0 amide bonds. The van der Waals surface area contributed by atoms with Crippen LogP contribution in [0.3, 0.4) is 0 Å². The van der Waals surface area contributed by atoms with Crippen LogP contribution in [0.1, 0.15) is 17.0 Å². The highest BCUT2D eigenvalue weighted by atomic mass is 32.2. The van der Waals surface area contributed by atoms with E-state index >= 15 is 0 Å². The third kappa shape index (κ3) is 3.90. The summed E-state index contributed by atoms with van der Waals surface area (Å²) < 4.78 is 27.4. The second-order valence-electron chi connectivity index (χ2n) is 4.79. The van der Waals surface area contributed by atoms with E-state index in [0.29, 0.717) is 30.9 Å². The summed E-state index contributed by atoms with van der Waals surface area (Å²) in [5.41, 5.74) is 2.15. The van der Waals surface area contributed by atoms with E-state index in [0.717, 1.165) is 5.56 Å². The van der Waals surface area contributed by atoms with Crippen molar-refractivity contribution in [3.63, 3.8) is 0 Å². The fraction of sp³-hybridized carbons (Fsp3) is 0.357. The lowest BCUT2D eigenvalue weighted by Gasteiger charge is -2.08. The minimum atomic E-state index is -3.55. The molecule has 1 heterocycles. The molecule has 7 heteroatoms. The molecule has 0 saturated heterocycles. The van der Waals surface area contributed by atoms with E-state index in [1.165, 1.54) is 0 Å². The van der Waals surface area contributed by atoms with Gasteiger partial charge in [0.05, 0.1) is 11.4 Å². The third-order valence-electron chi connectivity index (χ3n) is 3.12. The molecule has 0 aliphatic rings. The standard InChI is InChI=1S/C14H20N4O2S/c1-11-14(13(10-15-2)18-17-11)21(19,20)16-9-8-12-6-4-3-5-7-12/h3-7,15-16H,8-10H2,1-2H3,(H,17,18). The highest BCUT2D eigenvalue weighted by molar-refractivity contribution is 7.89. The topological polar surface area (TPSA) is 86.9 Å². The van der Waals surface area contributed by atoms with Crippen LogP contribution in [0.2, 0.25) is 0 Å². The maximum absolute atomic E-state index is 12.4. The van der Waals surface area contributed by atoms with Gasteiger partial charge in [-0.25, -0.2) is 13.1 Å². The van der Waals surface area contributed by atoms with Crippen LogP contribution in [0.25, 0.3) is 0 Å². The molecule has 0 spiro atoms. The highest BCUT2D eigenvalue weighted by Crippen LogP contribution is 2.17. The van der Waals surface area contributed by atoms with E-state index in [-0.39, 0.29) is 4.90 Å². The second kappa shape index (κ2) is 6.84. The Morgan fingerprint density at radius 3 is 2.62 bits per heavy atom. The van der Waals surface area contributed by atoms with E-state index in [4.69, 9.17) is 0 Å². The van der Waals surface area contributed by atoms with Crippen molar-refractivity contribution in [1.82, 2.24) is 20.2 Å². The normalized spacial score (nSPS) is 11.7. The predicted octanol–water partition coefficient (Wildman–Crippen LogP) is 0.959. The molecular weight excluding hydrogens is 288 g/mol. The Morgan fingerprint density at radius 2 is 1.95 bits per heavy atom. The molecule has 0 bridgehead atoms. The first kappa shape index (κ1) is 15.7. The Balaban J connectivity index is 2.07. The largest absolute Gasteiger partial charge is 0.314 e. The number of nitrogens with one attached hydrogen (secondary N) is 3. The first-order valence-electron chi connectivity index (χ1n) is 6.76. The van der Waals surface area contributed by atoms with Gasteiger partial charge in [0.15, 0.2) is 0 Å². The molecule has 3 N–H and O–H groups in total. The van der Waals surface area contributed by atoms with Crippen molar-refractivity contribution in [2.45, 2.75) is 24.8 Å². The molecule has 2 aromatic rings. The Hall–Kier alpha value is -1.70. The molecule has 114 valence electrons. The fourth-order valence-corrected chi connectivity index (χ4v) is 3.55. The van der Waals surface area contributed by atoms with Crippen molar-refractivity contribution in [2.24, 2.45) is 0 Å². The summed E-state index contributed by atoms with van der Waals surface area (Å²) >= 11 is 0. The summed E-state index contributed by atoms with van der Waals surface area (Å²) in [4.78, 5) is 0.241. The molecule has 21 heavy (non-hydrogen) atoms. The number of aryl methyl sites for hydroxylation is 1. The van der Waals surface area contributed by atoms with Gasteiger partial charge in [0.2, 0.25) is 10.0 Å². The molecule has 0 radical (unpaired) electrons. The zero-order valence-electron chi connectivity index (χ0n) is 12.2. The molecule has 0 saturated carbocycles. The maximum atomic E-state index is 12.4. The quantitative estimate of drug-likeness (QED) is 0.711. The van der Waals surface area contributed by atoms with Gasteiger partial charge in [0, 0.05) is 13.1 Å². The molecule has 0 unspecified atom stereocenters. The lowest BCUT2D eigenvalue weighted by atomic mass is 10.2. The number of aromatic amines is 1. The van der Waals surface area contributed by atoms with Gasteiger partial charge in [0.25, 0.3) is 0 Å². The number of H-pyrrole nitrogens is 1. The van der Waals surface area contributed by atoms with Gasteiger partial charge in [-0.3, -0.25) is 5.10 Å². The fourth-order valence-electron chi connectivity index (χ4n) is 2.16. The van der Waals surface area contributed by atoms with Crippen molar-refractivity contribution < 1.29 is 8.42 Å². The summed E-state index contributed by atoms with van der Waals surface area (Å²) in [7, 11) is -1.80. The van der Waals surface area contributed by atoms with E-state index in [1.807, 2.05) is 30.3 Å². The van der Waals surface area contributed by atoms with Crippen LogP contribution in [0.5, 0.6) is 0 Å². The summed E-state index contributed by atoms with van der Waals surface area (Å²) in [6.45, 7) is 2.47. The number of benzene rings is 1. The number of hydrogen-bond acceptors (Lipinski definition) is 4. The van der Waals surface area contributed by atoms with Crippen LogP contribution in [0.4, 0.5) is 0 Å². The van der Waals surface area contributed by atoms with Crippen LogP contribution >= 0.6 is 0 Å². The molecule has 0 atom stereocenters. The molecule has 2 rings (SSSR count). The van der Waals surface area contributed by atoms with Gasteiger partial charge in [-0.2, -0.15) is 5.10 Å². The van der Waals surface area contributed by atoms with Crippen molar-refractivity contribution in [3.8, 4) is 0 Å². The number of nitrogens with zero attached hydrogens (tertiary/aromatic N) is 1. The van der Waals surface area contributed by atoms with Crippen molar-refractivity contribution in [3.05, 3.63) is 47.3 Å². The number of rotatable bonds is 7. The van der Waals surface area contributed by atoms with E-state index in [9.17, 15) is 8.42 Å². The van der Waals surface area contributed by atoms with Crippen LogP contribution in [-0.2, 0) is 23.0 Å². The Bertz CT molecular complexity index is 680. The van der Waals surface area contributed by atoms with Gasteiger partial charge in [0.1, 0.15) is 4.90 Å². The van der Waals surface area contributed by atoms with Crippen LogP contribution in [-0.4, -0.2) is 32.2 Å². The number of aromatic nitrogens is 2. The SMILES string of the molecule is CNCc1n[nH]c(C)c1S(=O)(=O)NCCc1ccccc1. The lowest BCUT2D eigenvalue weighted by molar-refractivity contribution is 0.579. The molecule has 0 aliphatic carbocycles. The number of hydrogen-bond donors (Lipinski definition) is 3. The Morgan fingerprint density at radius 1 is 1.24 bits per heavy atom. The third-order valence-corrected chi connectivity index (χ3v) is 4.79. The summed E-state index contributed by atoms with van der Waals surface area (Å²) in [6, 6.07) is 9.77. The lowest BCUT2D eigenvalue weighted by Crippen LogP contribution is -2.27. The Kier molecular flexibility index (Phi) is 5.11. The maximum Gasteiger partial charge on any atom is 0.244 e. The van der Waals surface area contributed by atoms with Crippen molar-refractivity contribution in [1.29, 1.82) is 0 Å². The van der Waals surface area contributed by atoms with Crippen LogP contribution < -0.4 is 10.0 Å². The van der Waals surface area contributed by atoms with Crippen molar-refractivity contribution in [2.75, 3.05) is 13.6 Å². The first-order valence-corrected chi connectivity index (χ1v) is 8.25. The van der Waals surface area contributed by atoms with E-state index in [1.54, 1.807) is 14.0 Å². The molecule has 0 aliphatic heterocycles. The molecule has 0 fully saturated rings. The monoisotopic (exact) mass is 308 g/mol. The minimum absolute atomic E-state index is 0.241. The van der Waals surface area contributed by atoms with E-state index < -0.39 is 10.0 Å². The zero-order chi connectivity index (χ0) is 15.3. The van der Waals surface area contributed by atoms with Gasteiger partial charge >= 0.3 is 0 Å². The number of sulfonamides is 1. The highest BCUT2D eigenvalue weighted by Gasteiger charge is 2.23. The summed E-state index contributed by atoms with van der Waals surface area (Å²) in [5.74, 6) is 0. The van der Waals surface area contributed by atoms with Gasteiger partial charge in [-0.15, -0.1) is 0 Å². The van der Waals surface area contributed by atoms with Gasteiger partial charge in [-0.05, 0) is 26.0 Å². The van der Waals surface area contributed by atoms with Gasteiger partial charge < -0.3 is 5.32 Å². The average molecular weight is 308 g/mol. The smallest absolute Gasteiger partial charge is 0.244 e. The molecular formula is C14H20N4O2S. The summed E-state index contributed by atoms with van der Waals surface area (Å²) in [5, 5.41) is 9.68. The minimum Gasteiger partial charge on any atom is -0.314 e. The average Bonchev–Trinajstić information content (AvgIpc) is 2.82. The first-order chi connectivity index (χ1) is 10.0. The van der Waals surface area contributed by atoms with Gasteiger partial charge in [-0.1, -0.05) is 30.3 Å². The summed E-state index contributed by atoms with van der Waals surface area (Å²) in [6.07, 6.45) is 0.651. The zero-order valence-corrected chi connectivity index (χ0v) is 13.0. The van der Waals surface area contributed by atoms with Crippen LogP contribution in [0, 0.1) is 6.92 Å². The predicted molar refractivity (Wildman–Crippen MR) is 81.4 cm³/mol. The van der Waals surface area contributed by atoms with Crippen molar-refractivity contribution >= 4 is 10.0 Å². The molecule has 1 aromatic heterocycles. The second-order valence-corrected chi connectivity index (χ2v) is 6.49.